The van der Waals surface area contributed by atoms with Gasteiger partial charge in [0.05, 0.1) is 9.96 Å². The van der Waals surface area contributed by atoms with Gasteiger partial charge in [-0.2, -0.15) is 0 Å². The van der Waals surface area contributed by atoms with Crippen LogP contribution in [0.25, 0.3) is 22.3 Å². The van der Waals surface area contributed by atoms with Crippen molar-refractivity contribution in [1.29, 1.82) is 0 Å². The number of halogens is 1. The fraction of sp³-hybridized carbons (Fsp3) is 0. The molecule has 78 valence electrons. The van der Waals surface area contributed by atoms with Crippen LogP contribution in [0.4, 0.5) is 0 Å². The molecule has 0 saturated heterocycles. The number of fused-ring (bicyclic) bond motifs is 1. The number of hydrogen-bond acceptors (Lipinski definition) is 1. The lowest BCUT2D eigenvalue weighted by Crippen LogP contribution is -1.72. The average molecular weight is 277 g/mol. The van der Waals surface area contributed by atoms with Gasteiger partial charge in [-0.3, -0.25) is 0 Å². The Morgan fingerprint density at radius 1 is 1.06 bits per heavy atom. The van der Waals surface area contributed by atoms with Crippen molar-refractivity contribution >= 4 is 26.9 Å². The topological polar surface area (TPSA) is 13.1 Å². The van der Waals surface area contributed by atoms with Crippen LogP contribution < -0.4 is 0 Å². The van der Waals surface area contributed by atoms with Crippen LogP contribution in [0, 0.1) is 0 Å². The molecule has 0 saturated carbocycles. The van der Waals surface area contributed by atoms with E-state index in [4.69, 9.17) is 9.90 Å². The quantitative estimate of drug-likeness (QED) is 0.619. The van der Waals surface area contributed by atoms with Crippen LogP contribution in [0.1, 0.15) is 5.48 Å². The number of benzene rings is 2. The van der Waals surface area contributed by atoms with E-state index in [1.165, 1.54) is 0 Å². The zero-order chi connectivity index (χ0) is 14.4. The number of furan rings is 1. The van der Waals surface area contributed by atoms with Crippen molar-refractivity contribution in [2.75, 3.05) is 0 Å². The van der Waals surface area contributed by atoms with E-state index in [0.29, 0.717) is 15.6 Å². The van der Waals surface area contributed by atoms with Crippen molar-refractivity contribution in [1.82, 2.24) is 0 Å². The predicted octanol–water partition coefficient (Wildman–Crippen LogP) is 4.86. The van der Waals surface area contributed by atoms with E-state index in [1.54, 1.807) is 0 Å². The van der Waals surface area contributed by atoms with Crippen molar-refractivity contribution in [3.8, 4) is 11.3 Å². The number of rotatable bonds is 1. The Balaban J connectivity index is 2.42. The highest BCUT2D eigenvalue weighted by atomic mass is 79.9. The predicted molar refractivity (Wildman–Crippen MR) is 69.4 cm³/mol. The zero-order valence-corrected chi connectivity index (χ0v) is 9.76. The zero-order valence-electron chi connectivity index (χ0n) is 12.2. The first kappa shape index (κ1) is 6.26. The third-order valence-electron chi connectivity index (χ3n) is 2.31. The summed E-state index contributed by atoms with van der Waals surface area (Å²) in [6.07, 6.45) is 0. The molecule has 0 aliphatic rings. The molecule has 1 nitrogen and oxygen atoms in total. The molecule has 0 aliphatic heterocycles. The molecule has 0 amide bonds. The second kappa shape index (κ2) is 3.80. The van der Waals surface area contributed by atoms with Crippen LogP contribution in [0.2, 0.25) is 0 Å². The summed E-state index contributed by atoms with van der Waals surface area (Å²) in [6.45, 7) is 0. The molecule has 0 aliphatic carbocycles. The normalized spacial score (nSPS) is 14.3. The summed E-state index contributed by atoms with van der Waals surface area (Å²) in [6, 6.07) is 8.52. The van der Waals surface area contributed by atoms with Crippen molar-refractivity contribution in [2.24, 2.45) is 0 Å². The Morgan fingerprint density at radius 2 is 1.81 bits per heavy atom. The SMILES string of the molecule is [2H]c1c([2H])c([2H])c2c(Br)c(-c3ccccc3)oc2c1[2H]. The van der Waals surface area contributed by atoms with Gasteiger partial charge in [0.2, 0.25) is 0 Å². The highest BCUT2D eigenvalue weighted by Gasteiger charge is 2.12. The van der Waals surface area contributed by atoms with Crippen molar-refractivity contribution in [3.63, 3.8) is 0 Å². The Labute approximate surface area is 107 Å². The third kappa shape index (κ3) is 1.46. The maximum atomic E-state index is 7.96. The first-order valence-corrected chi connectivity index (χ1v) is 5.55. The molecule has 0 N–H and O–H groups in total. The van der Waals surface area contributed by atoms with Gasteiger partial charge in [0.25, 0.3) is 0 Å². The number of hydrogen-bond donors (Lipinski definition) is 0. The minimum atomic E-state index is -0.289. The summed E-state index contributed by atoms with van der Waals surface area (Å²) < 4.78 is 37.5. The van der Waals surface area contributed by atoms with Crippen LogP contribution >= 0.6 is 15.9 Å². The van der Waals surface area contributed by atoms with Crippen LogP contribution in [-0.2, 0) is 0 Å². The monoisotopic (exact) mass is 276 g/mol. The van der Waals surface area contributed by atoms with Gasteiger partial charge in [-0.1, -0.05) is 42.4 Å². The van der Waals surface area contributed by atoms with Gasteiger partial charge in [0.15, 0.2) is 0 Å². The fourth-order valence-electron chi connectivity index (χ4n) is 1.57. The largest absolute Gasteiger partial charge is 0.455 e. The van der Waals surface area contributed by atoms with Gasteiger partial charge in [-0.05, 0) is 28.0 Å². The summed E-state index contributed by atoms with van der Waals surface area (Å²) in [5.41, 5.74) is 0.981. The molecule has 1 heterocycles. The average Bonchev–Trinajstić information content (AvgIpc) is 2.81. The Hall–Kier alpha value is -1.54. The molecule has 0 unspecified atom stereocenters. The molecular formula is C14H9BrO. The van der Waals surface area contributed by atoms with Gasteiger partial charge in [0, 0.05) is 10.9 Å². The molecule has 3 rings (SSSR count). The molecule has 0 spiro atoms. The van der Waals surface area contributed by atoms with Crippen LogP contribution in [0.15, 0.2) is 63.4 Å². The highest BCUT2D eigenvalue weighted by molar-refractivity contribution is 9.10. The lowest BCUT2D eigenvalue weighted by Gasteiger charge is -1.95. The van der Waals surface area contributed by atoms with Crippen LogP contribution in [0.5, 0.6) is 0 Å². The van der Waals surface area contributed by atoms with Crippen molar-refractivity contribution < 1.29 is 9.90 Å². The van der Waals surface area contributed by atoms with E-state index in [0.717, 1.165) is 5.56 Å². The van der Waals surface area contributed by atoms with Crippen molar-refractivity contribution in [2.45, 2.75) is 0 Å². The lowest BCUT2D eigenvalue weighted by atomic mass is 10.1. The number of para-hydroxylation sites is 1. The molecule has 2 heteroatoms. The van der Waals surface area contributed by atoms with E-state index >= 15 is 0 Å². The maximum Gasteiger partial charge on any atom is 0.149 e. The molecule has 16 heavy (non-hydrogen) atoms. The van der Waals surface area contributed by atoms with E-state index in [1.807, 2.05) is 30.3 Å². The molecule has 0 atom stereocenters. The fourth-order valence-corrected chi connectivity index (χ4v) is 2.16. The first-order chi connectivity index (χ1) is 9.52. The van der Waals surface area contributed by atoms with Crippen LogP contribution in [0.3, 0.4) is 0 Å². The summed E-state index contributed by atoms with van der Waals surface area (Å²) >= 11 is 3.39. The molecule has 0 fully saturated rings. The van der Waals surface area contributed by atoms with E-state index < -0.39 is 0 Å². The van der Waals surface area contributed by atoms with Gasteiger partial charge in [0.1, 0.15) is 11.3 Å². The molecule has 0 radical (unpaired) electrons. The second-order valence-corrected chi connectivity index (χ2v) is 4.11. The molecule has 2 aromatic carbocycles. The minimum absolute atomic E-state index is 0.0983. The standard InChI is InChI=1S/C14H9BrO/c15-13-11-8-4-5-9-12(11)16-14(13)10-6-2-1-3-7-10/h1-9H/i4D,5D,8D,9D. The highest BCUT2D eigenvalue weighted by Crippen LogP contribution is 2.37. The third-order valence-corrected chi connectivity index (χ3v) is 3.07. The summed E-state index contributed by atoms with van der Waals surface area (Å²) in [4.78, 5) is 0. The summed E-state index contributed by atoms with van der Waals surface area (Å²) in [7, 11) is 0. The molecule has 3 aromatic rings. The summed E-state index contributed by atoms with van der Waals surface area (Å²) in [5.74, 6) is 0.507. The Morgan fingerprint density at radius 3 is 2.62 bits per heavy atom. The molecule has 1 aromatic heterocycles. The smallest absolute Gasteiger partial charge is 0.149 e. The first-order valence-electron chi connectivity index (χ1n) is 6.76. The second-order valence-electron chi connectivity index (χ2n) is 3.32. The van der Waals surface area contributed by atoms with Gasteiger partial charge in [-0.25, -0.2) is 0 Å². The van der Waals surface area contributed by atoms with E-state index in [2.05, 4.69) is 15.9 Å². The van der Waals surface area contributed by atoms with Crippen molar-refractivity contribution in [3.05, 3.63) is 59.0 Å². The minimum Gasteiger partial charge on any atom is -0.455 e. The van der Waals surface area contributed by atoms with E-state index in [-0.39, 0.29) is 29.8 Å². The summed E-state index contributed by atoms with van der Waals surface area (Å²) in [5, 5.41) is 0.370. The lowest BCUT2D eigenvalue weighted by molar-refractivity contribution is 0.630. The van der Waals surface area contributed by atoms with Gasteiger partial charge in [-0.15, -0.1) is 0 Å². The van der Waals surface area contributed by atoms with Gasteiger partial charge < -0.3 is 4.42 Å². The molecular weight excluding hydrogens is 264 g/mol. The molecule has 0 bridgehead atoms. The van der Waals surface area contributed by atoms with E-state index in [9.17, 15) is 0 Å². The van der Waals surface area contributed by atoms with Crippen LogP contribution in [-0.4, -0.2) is 0 Å². The Bertz CT molecular complexity index is 811. The Kier molecular flexibility index (Phi) is 1.49. The van der Waals surface area contributed by atoms with Gasteiger partial charge >= 0.3 is 0 Å². The maximum absolute atomic E-state index is 7.96.